The van der Waals surface area contributed by atoms with Crippen LogP contribution in [0.4, 0.5) is 0 Å². The molecule has 0 spiro atoms. The molecule has 0 aliphatic rings. The molecule has 0 aliphatic heterocycles. The second-order valence-corrected chi connectivity index (χ2v) is 12.7. The van der Waals surface area contributed by atoms with Crippen LogP contribution in [0.5, 0.6) is 0 Å². The van der Waals surface area contributed by atoms with Crippen LogP contribution in [0.3, 0.4) is 0 Å². The molecule has 0 aliphatic carbocycles. The van der Waals surface area contributed by atoms with Crippen LogP contribution in [-0.4, -0.2) is 21.3 Å². The number of esters is 1. The standard InChI is InChI=1S/C35H62O4S/c1-3-5-7-9-11-13-15-17-19-21-23-25-27-32-29-33(31-34(30-32)40(37)38)35(36)39-28-26-24-22-20-18-16-14-12-10-8-6-4-2/h29-31H,3-28H2,1-2H3,(H,37,38). The van der Waals surface area contributed by atoms with Crippen LogP contribution in [0, 0.1) is 0 Å². The fraction of sp³-hybridized carbons (Fsp3) is 0.800. The molecule has 1 N–H and O–H groups in total. The number of carbonyl (C=O) groups is 1. The maximum absolute atomic E-state index is 12.6. The molecule has 1 rings (SSSR count). The number of unbranched alkanes of at least 4 members (excludes halogenated alkanes) is 22. The van der Waals surface area contributed by atoms with E-state index in [1.807, 2.05) is 6.07 Å². The van der Waals surface area contributed by atoms with Gasteiger partial charge < -0.3 is 9.29 Å². The fourth-order valence-electron chi connectivity index (χ4n) is 5.39. The van der Waals surface area contributed by atoms with Crippen LogP contribution in [-0.2, 0) is 22.2 Å². The molecule has 40 heavy (non-hydrogen) atoms. The first-order valence-electron chi connectivity index (χ1n) is 17.0. The molecule has 0 aromatic heterocycles. The summed E-state index contributed by atoms with van der Waals surface area (Å²) < 4.78 is 26.9. The Morgan fingerprint density at radius 1 is 0.600 bits per heavy atom. The van der Waals surface area contributed by atoms with Gasteiger partial charge in [0.1, 0.15) is 0 Å². The highest BCUT2D eigenvalue weighted by molar-refractivity contribution is 7.79. The lowest BCUT2D eigenvalue weighted by molar-refractivity contribution is 0.0497. The van der Waals surface area contributed by atoms with E-state index in [0.29, 0.717) is 12.2 Å². The van der Waals surface area contributed by atoms with Crippen molar-refractivity contribution in [2.24, 2.45) is 0 Å². The van der Waals surface area contributed by atoms with Crippen molar-refractivity contribution < 1.29 is 18.3 Å². The minimum atomic E-state index is -2.11. The monoisotopic (exact) mass is 578 g/mol. The summed E-state index contributed by atoms with van der Waals surface area (Å²) in [6.45, 7) is 4.94. The summed E-state index contributed by atoms with van der Waals surface area (Å²) in [6, 6.07) is 5.11. The van der Waals surface area contributed by atoms with Crippen LogP contribution in [0.2, 0.25) is 0 Å². The van der Waals surface area contributed by atoms with Gasteiger partial charge in [-0.3, -0.25) is 0 Å². The highest BCUT2D eigenvalue weighted by Crippen LogP contribution is 2.19. The molecule has 1 aromatic carbocycles. The minimum Gasteiger partial charge on any atom is -0.462 e. The SMILES string of the molecule is CCCCCCCCCCCCCCOC(=O)c1cc(CCCCCCCCCCCCCC)cc(S(=O)O)c1. The average Bonchev–Trinajstić information content (AvgIpc) is 2.95. The third kappa shape index (κ3) is 20.6. The lowest BCUT2D eigenvalue weighted by atomic mass is 10.0. The number of aryl methyl sites for hydroxylation is 1. The van der Waals surface area contributed by atoms with Crippen molar-refractivity contribution in [1.29, 1.82) is 0 Å². The number of benzene rings is 1. The Morgan fingerprint density at radius 3 is 1.43 bits per heavy atom. The van der Waals surface area contributed by atoms with E-state index in [0.717, 1.165) is 37.7 Å². The Balaban J connectivity index is 2.19. The van der Waals surface area contributed by atoms with E-state index in [9.17, 15) is 13.6 Å². The fourth-order valence-corrected chi connectivity index (χ4v) is 5.87. The molecule has 0 radical (unpaired) electrons. The van der Waals surface area contributed by atoms with E-state index in [-0.39, 0.29) is 10.9 Å². The molecule has 232 valence electrons. The van der Waals surface area contributed by atoms with Crippen molar-refractivity contribution in [3.05, 3.63) is 29.3 Å². The predicted molar refractivity (Wildman–Crippen MR) is 172 cm³/mol. The minimum absolute atomic E-state index is 0.286. The highest BCUT2D eigenvalue weighted by atomic mass is 32.2. The van der Waals surface area contributed by atoms with E-state index in [1.54, 1.807) is 6.07 Å². The van der Waals surface area contributed by atoms with Crippen LogP contribution in [0.15, 0.2) is 23.1 Å². The average molecular weight is 579 g/mol. The van der Waals surface area contributed by atoms with Gasteiger partial charge in [-0.15, -0.1) is 0 Å². The van der Waals surface area contributed by atoms with Gasteiger partial charge in [-0.25, -0.2) is 9.00 Å². The number of ether oxygens (including phenoxy) is 1. The first kappa shape index (κ1) is 36.8. The van der Waals surface area contributed by atoms with E-state index < -0.39 is 11.1 Å². The molecule has 0 saturated carbocycles. The molecule has 4 nitrogen and oxygen atoms in total. The zero-order chi connectivity index (χ0) is 29.1. The van der Waals surface area contributed by atoms with Crippen LogP contribution in [0.1, 0.15) is 184 Å². The molecule has 1 atom stereocenters. The predicted octanol–water partition coefficient (Wildman–Crippen LogP) is 11.4. The van der Waals surface area contributed by atoms with E-state index in [2.05, 4.69) is 13.8 Å². The van der Waals surface area contributed by atoms with Crippen molar-refractivity contribution in [3.8, 4) is 0 Å². The lowest BCUT2D eigenvalue weighted by Gasteiger charge is -2.09. The smallest absolute Gasteiger partial charge is 0.338 e. The maximum Gasteiger partial charge on any atom is 0.338 e. The zero-order valence-electron chi connectivity index (χ0n) is 26.2. The first-order chi connectivity index (χ1) is 19.6. The number of carbonyl (C=O) groups excluding carboxylic acids is 1. The van der Waals surface area contributed by atoms with Crippen LogP contribution < -0.4 is 0 Å². The van der Waals surface area contributed by atoms with Crippen LogP contribution >= 0.6 is 0 Å². The number of hydrogen-bond donors (Lipinski definition) is 1. The Labute approximate surface area is 250 Å². The van der Waals surface area contributed by atoms with Gasteiger partial charge in [-0.05, 0) is 43.0 Å². The van der Waals surface area contributed by atoms with E-state index in [1.165, 1.54) is 134 Å². The van der Waals surface area contributed by atoms with Crippen LogP contribution in [0.25, 0.3) is 0 Å². The Kier molecular flexibility index (Phi) is 24.6. The summed E-state index contributed by atoms with van der Waals surface area (Å²) in [7, 11) is 0. The largest absolute Gasteiger partial charge is 0.462 e. The molecule has 0 fully saturated rings. The molecule has 0 amide bonds. The summed E-state index contributed by atoms with van der Waals surface area (Å²) in [6.07, 6.45) is 31.7. The molecule has 0 saturated heterocycles. The summed E-state index contributed by atoms with van der Waals surface area (Å²) in [5.41, 5.74) is 1.34. The second-order valence-electron chi connectivity index (χ2n) is 11.8. The third-order valence-electron chi connectivity index (χ3n) is 7.95. The van der Waals surface area contributed by atoms with Gasteiger partial charge >= 0.3 is 5.97 Å². The number of rotatable bonds is 28. The first-order valence-corrected chi connectivity index (χ1v) is 18.1. The molecule has 0 bridgehead atoms. The van der Waals surface area contributed by atoms with E-state index in [4.69, 9.17) is 4.74 Å². The topological polar surface area (TPSA) is 63.6 Å². The molecular formula is C35H62O4S. The molecule has 1 aromatic rings. The normalized spacial score (nSPS) is 12.1. The van der Waals surface area contributed by atoms with Crippen molar-refractivity contribution in [2.75, 3.05) is 6.61 Å². The van der Waals surface area contributed by atoms with Gasteiger partial charge in [-0.2, -0.15) is 0 Å². The summed E-state index contributed by atoms with van der Waals surface area (Å²) >= 11 is -2.11. The molecule has 0 heterocycles. The molecular weight excluding hydrogens is 516 g/mol. The van der Waals surface area contributed by atoms with Gasteiger partial charge in [0, 0.05) is 0 Å². The number of hydrogen-bond acceptors (Lipinski definition) is 3. The van der Waals surface area contributed by atoms with Gasteiger partial charge in [0.15, 0.2) is 11.1 Å². The molecule has 1 unspecified atom stereocenters. The third-order valence-corrected chi connectivity index (χ3v) is 8.59. The highest BCUT2D eigenvalue weighted by Gasteiger charge is 2.13. The second kappa shape index (κ2) is 26.7. The summed E-state index contributed by atoms with van der Waals surface area (Å²) in [5.74, 6) is -0.383. The zero-order valence-corrected chi connectivity index (χ0v) is 27.0. The van der Waals surface area contributed by atoms with E-state index >= 15 is 0 Å². The summed E-state index contributed by atoms with van der Waals surface area (Å²) in [4.78, 5) is 12.9. The Bertz CT molecular complexity index is 764. The van der Waals surface area contributed by atoms with Crippen molar-refractivity contribution in [1.82, 2.24) is 0 Å². The summed E-state index contributed by atoms with van der Waals surface area (Å²) in [5, 5.41) is 0. The molecule has 5 heteroatoms. The lowest BCUT2D eigenvalue weighted by Crippen LogP contribution is -2.08. The van der Waals surface area contributed by atoms with Gasteiger partial charge in [0.2, 0.25) is 0 Å². The van der Waals surface area contributed by atoms with Gasteiger partial charge in [0.05, 0.1) is 17.1 Å². The van der Waals surface area contributed by atoms with Gasteiger partial charge in [-0.1, -0.05) is 155 Å². The van der Waals surface area contributed by atoms with Crippen molar-refractivity contribution in [2.45, 2.75) is 179 Å². The van der Waals surface area contributed by atoms with Crippen molar-refractivity contribution in [3.63, 3.8) is 0 Å². The quantitative estimate of drug-likeness (QED) is 0.0610. The maximum atomic E-state index is 12.6. The Hall–Kier alpha value is -1.20. The van der Waals surface area contributed by atoms with Crippen molar-refractivity contribution >= 4 is 17.0 Å². The van der Waals surface area contributed by atoms with Gasteiger partial charge in [0.25, 0.3) is 0 Å². The Morgan fingerprint density at radius 2 is 1.00 bits per heavy atom.